The molecular formula is C19H20BrNO3. The summed E-state index contributed by atoms with van der Waals surface area (Å²) >= 11 is 3.43. The second-order valence-electron chi connectivity index (χ2n) is 5.83. The van der Waals surface area contributed by atoms with Crippen LogP contribution in [0.1, 0.15) is 34.5 Å². The standard InChI is InChI=1S/C19H20BrNO3/c1-12-16-6-5-15(23-2)10-13(16)8-9-21(12)19(22)17-11-14(20)4-7-18(17)24-3/h4-7,10-12H,8-9H2,1-3H3. The minimum Gasteiger partial charge on any atom is -0.497 e. The second kappa shape index (κ2) is 6.85. The van der Waals surface area contributed by atoms with Gasteiger partial charge in [-0.05, 0) is 54.8 Å². The number of halogens is 1. The number of hydrogen-bond acceptors (Lipinski definition) is 3. The quantitative estimate of drug-likeness (QED) is 0.788. The Morgan fingerprint density at radius 1 is 1.17 bits per heavy atom. The van der Waals surface area contributed by atoms with Gasteiger partial charge < -0.3 is 14.4 Å². The number of amides is 1. The zero-order valence-electron chi connectivity index (χ0n) is 14.0. The lowest BCUT2D eigenvalue weighted by atomic mass is 9.92. The third-order valence-corrected chi connectivity index (χ3v) is 5.04. The van der Waals surface area contributed by atoms with Crippen LogP contribution in [0.25, 0.3) is 0 Å². The molecule has 0 saturated carbocycles. The van der Waals surface area contributed by atoms with Crippen LogP contribution >= 0.6 is 15.9 Å². The lowest BCUT2D eigenvalue weighted by molar-refractivity contribution is 0.0674. The predicted molar refractivity (Wildman–Crippen MR) is 96.8 cm³/mol. The molecule has 0 bridgehead atoms. The fraction of sp³-hybridized carbons (Fsp3) is 0.316. The number of ether oxygens (including phenoxy) is 2. The maximum atomic E-state index is 13.1. The number of benzene rings is 2. The molecule has 1 atom stereocenters. The van der Waals surface area contributed by atoms with Crippen LogP contribution in [0.5, 0.6) is 11.5 Å². The molecule has 0 aliphatic carbocycles. The van der Waals surface area contributed by atoms with Crippen molar-refractivity contribution in [2.45, 2.75) is 19.4 Å². The van der Waals surface area contributed by atoms with Gasteiger partial charge in [0, 0.05) is 11.0 Å². The number of rotatable bonds is 3. The minimum atomic E-state index is -0.0119. The highest BCUT2D eigenvalue weighted by Crippen LogP contribution is 2.34. The van der Waals surface area contributed by atoms with E-state index < -0.39 is 0 Å². The van der Waals surface area contributed by atoms with Gasteiger partial charge in [0.2, 0.25) is 0 Å². The highest BCUT2D eigenvalue weighted by atomic mass is 79.9. The smallest absolute Gasteiger partial charge is 0.258 e. The number of carbonyl (C=O) groups excluding carboxylic acids is 1. The molecule has 4 nitrogen and oxygen atoms in total. The minimum absolute atomic E-state index is 0.0100. The van der Waals surface area contributed by atoms with Crippen molar-refractivity contribution in [3.8, 4) is 11.5 Å². The van der Waals surface area contributed by atoms with Gasteiger partial charge in [0.25, 0.3) is 5.91 Å². The molecule has 3 rings (SSSR count). The molecule has 1 amide bonds. The monoisotopic (exact) mass is 389 g/mol. The molecule has 2 aromatic rings. The highest BCUT2D eigenvalue weighted by molar-refractivity contribution is 9.10. The maximum absolute atomic E-state index is 13.1. The SMILES string of the molecule is COc1ccc2c(c1)CCN(C(=O)c1cc(Br)ccc1OC)C2C. The lowest BCUT2D eigenvalue weighted by Crippen LogP contribution is -2.39. The van der Waals surface area contributed by atoms with Gasteiger partial charge in [0.05, 0.1) is 25.8 Å². The molecule has 5 heteroatoms. The summed E-state index contributed by atoms with van der Waals surface area (Å²) in [6, 6.07) is 11.6. The average molecular weight is 390 g/mol. The van der Waals surface area contributed by atoms with Crippen LogP contribution in [0.4, 0.5) is 0 Å². The summed E-state index contributed by atoms with van der Waals surface area (Å²) in [6.07, 6.45) is 0.818. The summed E-state index contributed by atoms with van der Waals surface area (Å²) in [5.41, 5.74) is 2.99. The fourth-order valence-corrected chi connectivity index (χ4v) is 3.58. The zero-order valence-corrected chi connectivity index (χ0v) is 15.6. The van der Waals surface area contributed by atoms with E-state index in [0.29, 0.717) is 17.9 Å². The Bertz CT molecular complexity index is 775. The van der Waals surface area contributed by atoms with Crippen molar-refractivity contribution in [2.24, 2.45) is 0 Å². The summed E-state index contributed by atoms with van der Waals surface area (Å²) < 4.78 is 11.5. The maximum Gasteiger partial charge on any atom is 0.258 e. The molecule has 0 spiro atoms. The highest BCUT2D eigenvalue weighted by Gasteiger charge is 2.30. The average Bonchev–Trinajstić information content (AvgIpc) is 2.61. The molecular weight excluding hydrogens is 370 g/mol. The van der Waals surface area contributed by atoms with Gasteiger partial charge in [0.1, 0.15) is 11.5 Å². The Kier molecular flexibility index (Phi) is 4.81. The second-order valence-corrected chi connectivity index (χ2v) is 6.75. The first-order chi connectivity index (χ1) is 11.5. The van der Waals surface area contributed by atoms with E-state index in [0.717, 1.165) is 16.6 Å². The van der Waals surface area contributed by atoms with Gasteiger partial charge in [-0.2, -0.15) is 0 Å². The van der Waals surface area contributed by atoms with E-state index in [2.05, 4.69) is 35.0 Å². The molecule has 1 heterocycles. The van der Waals surface area contributed by atoms with Gasteiger partial charge in [0.15, 0.2) is 0 Å². The van der Waals surface area contributed by atoms with E-state index >= 15 is 0 Å². The van der Waals surface area contributed by atoms with Gasteiger partial charge >= 0.3 is 0 Å². The van der Waals surface area contributed by atoms with Crippen molar-refractivity contribution in [3.63, 3.8) is 0 Å². The first-order valence-corrected chi connectivity index (χ1v) is 8.65. The number of nitrogens with zero attached hydrogens (tertiary/aromatic N) is 1. The van der Waals surface area contributed by atoms with E-state index in [1.165, 1.54) is 11.1 Å². The normalized spacial score (nSPS) is 16.5. The van der Waals surface area contributed by atoms with Crippen LogP contribution in [0.3, 0.4) is 0 Å². The molecule has 24 heavy (non-hydrogen) atoms. The molecule has 1 aliphatic rings. The predicted octanol–water partition coefficient (Wildman–Crippen LogP) is 4.23. The molecule has 126 valence electrons. The summed E-state index contributed by atoms with van der Waals surface area (Å²) in [4.78, 5) is 15.0. The molecule has 0 saturated heterocycles. The third-order valence-electron chi connectivity index (χ3n) is 4.54. The number of methoxy groups -OCH3 is 2. The van der Waals surface area contributed by atoms with Crippen LogP contribution in [-0.2, 0) is 6.42 Å². The Hall–Kier alpha value is -2.01. The van der Waals surface area contributed by atoms with Crippen LogP contribution < -0.4 is 9.47 Å². The van der Waals surface area contributed by atoms with E-state index in [1.807, 2.05) is 29.2 Å². The number of hydrogen-bond donors (Lipinski definition) is 0. The van der Waals surface area contributed by atoms with Crippen LogP contribution in [-0.4, -0.2) is 31.6 Å². The Balaban J connectivity index is 1.93. The molecule has 0 radical (unpaired) electrons. The largest absolute Gasteiger partial charge is 0.497 e. The summed E-state index contributed by atoms with van der Waals surface area (Å²) in [6.45, 7) is 2.74. The van der Waals surface area contributed by atoms with Gasteiger partial charge in [-0.25, -0.2) is 0 Å². The molecule has 0 aromatic heterocycles. The van der Waals surface area contributed by atoms with Crippen molar-refractivity contribution in [1.29, 1.82) is 0 Å². The van der Waals surface area contributed by atoms with E-state index in [4.69, 9.17) is 9.47 Å². The summed E-state index contributed by atoms with van der Waals surface area (Å²) in [7, 11) is 3.25. The van der Waals surface area contributed by atoms with E-state index in [1.54, 1.807) is 14.2 Å². The lowest BCUT2D eigenvalue weighted by Gasteiger charge is -2.35. The van der Waals surface area contributed by atoms with E-state index in [9.17, 15) is 4.79 Å². The van der Waals surface area contributed by atoms with Gasteiger partial charge in [-0.15, -0.1) is 0 Å². The fourth-order valence-electron chi connectivity index (χ4n) is 3.22. The summed E-state index contributed by atoms with van der Waals surface area (Å²) in [5, 5.41) is 0. The molecule has 1 aliphatic heterocycles. The van der Waals surface area contributed by atoms with Crippen LogP contribution in [0.2, 0.25) is 0 Å². The summed E-state index contributed by atoms with van der Waals surface area (Å²) in [5.74, 6) is 1.44. The molecule has 0 N–H and O–H groups in total. The Morgan fingerprint density at radius 3 is 2.67 bits per heavy atom. The number of fused-ring (bicyclic) bond motifs is 1. The Morgan fingerprint density at radius 2 is 1.96 bits per heavy atom. The molecule has 1 unspecified atom stereocenters. The third kappa shape index (κ3) is 3.00. The van der Waals surface area contributed by atoms with Crippen LogP contribution in [0.15, 0.2) is 40.9 Å². The first kappa shape index (κ1) is 16.8. The van der Waals surface area contributed by atoms with Crippen molar-refractivity contribution >= 4 is 21.8 Å². The van der Waals surface area contributed by atoms with Gasteiger partial charge in [-0.3, -0.25) is 4.79 Å². The Labute approximate surface area is 150 Å². The first-order valence-electron chi connectivity index (χ1n) is 7.86. The van der Waals surface area contributed by atoms with Crippen molar-refractivity contribution in [1.82, 2.24) is 4.90 Å². The van der Waals surface area contributed by atoms with Crippen molar-refractivity contribution in [2.75, 3.05) is 20.8 Å². The van der Waals surface area contributed by atoms with Crippen LogP contribution in [0, 0.1) is 0 Å². The topological polar surface area (TPSA) is 38.8 Å². The molecule has 0 fully saturated rings. The van der Waals surface area contributed by atoms with Gasteiger partial charge in [-0.1, -0.05) is 22.0 Å². The number of carbonyl (C=O) groups is 1. The molecule has 2 aromatic carbocycles. The van der Waals surface area contributed by atoms with Crippen molar-refractivity contribution < 1.29 is 14.3 Å². The zero-order chi connectivity index (χ0) is 17.3. The van der Waals surface area contributed by atoms with E-state index in [-0.39, 0.29) is 11.9 Å². The van der Waals surface area contributed by atoms with Crippen molar-refractivity contribution in [3.05, 3.63) is 57.6 Å².